The van der Waals surface area contributed by atoms with Crippen molar-refractivity contribution in [3.63, 3.8) is 0 Å². The first-order chi connectivity index (χ1) is 16.6. The summed E-state index contributed by atoms with van der Waals surface area (Å²) in [7, 11) is 0. The third-order valence-corrected chi connectivity index (χ3v) is 7.79. The summed E-state index contributed by atoms with van der Waals surface area (Å²) in [6, 6.07) is 6.09. The Kier molecular flexibility index (Phi) is 5.97. The zero-order valence-corrected chi connectivity index (χ0v) is 20.9. The van der Waals surface area contributed by atoms with Crippen LogP contribution in [-0.2, 0) is 14.3 Å². The Bertz CT molecular complexity index is 1130. The molecule has 9 nitrogen and oxygen atoms in total. The molecule has 0 radical (unpaired) electrons. The Labute approximate surface area is 205 Å². The largest absolute Gasteiger partial charge is 0.444 e. The summed E-state index contributed by atoms with van der Waals surface area (Å²) < 4.78 is 7.49. The molecule has 5 heterocycles. The molecule has 35 heavy (non-hydrogen) atoms. The predicted octanol–water partition coefficient (Wildman–Crippen LogP) is 3.47. The number of imide groups is 1. The van der Waals surface area contributed by atoms with Crippen LogP contribution in [0.25, 0.3) is 5.52 Å². The number of carbonyl (C=O) groups excluding carboxylic acids is 3. The fourth-order valence-electron chi connectivity index (χ4n) is 5.71. The second-order valence-electron chi connectivity index (χ2n) is 11.2. The average molecular weight is 482 g/mol. The summed E-state index contributed by atoms with van der Waals surface area (Å²) in [5, 5.41) is 7.09. The van der Waals surface area contributed by atoms with E-state index >= 15 is 0 Å². The van der Waals surface area contributed by atoms with E-state index in [-0.39, 0.29) is 29.2 Å². The summed E-state index contributed by atoms with van der Waals surface area (Å²) >= 11 is 0. The predicted molar refractivity (Wildman–Crippen MR) is 131 cm³/mol. The lowest BCUT2D eigenvalue weighted by molar-refractivity contribution is -0.134. The molecule has 1 atom stereocenters. The Morgan fingerprint density at radius 1 is 1.09 bits per heavy atom. The molecule has 3 aliphatic heterocycles. The van der Waals surface area contributed by atoms with Gasteiger partial charge >= 0.3 is 6.09 Å². The van der Waals surface area contributed by atoms with Crippen LogP contribution >= 0.6 is 0 Å². The summed E-state index contributed by atoms with van der Waals surface area (Å²) in [5.41, 5.74) is 1.59. The fraction of sp³-hybridized carbons (Fsp3) is 0.615. The number of nitrogens with zero attached hydrogens (tertiary/aromatic N) is 4. The van der Waals surface area contributed by atoms with Gasteiger partial charge in [0.2, 0.25) is 11.8 Å². The molecular weight excluding hydrogens is 446 g/mol. The minimum absolute atomic E-state index is 0.206. The van der Waals surface area contributed by atoms with Crippen LogP contribution in [0.5, 0.6) is 0 Å². The molecule has 3 aliphatic rings. The second kappa shape index (κ2) is 8.84. The van der Waals surface area contributed by atoms with Crippen molar-refractivity contribution in [2.24, 2.45) is 5.41 Å². The van der Waals surface area contributed by atoms with E-state index in [4.69, 9.17) is 4.74 Å². The van der Waals surface area contributed by atoms with Gasteiger partial charge in [-0.05, 0) is 70.4 Å². The van der Waals surface area contributed by atoms with E-state index < -0.39 is 5.60 Å². The lowest BCUT2D eigenvalue weighted by atomic mass is 9.71. The molecule has 5 rings (SSSR count). The molecular formula is C26H35N5O4. The molecule has 0 saturated carbocycles. The third kappa shape index (κ3) is 4.73. The smallest absolute Gasteiger partial charge is 0.410 e. The average Bonchev–Trinajstić information content (AvgIpc) is 3.23. The van der Waals surface area contributed by atoms with Crippen LogP contribution in [0.3, 0.4) is 0 Å². The molecule has 0 aromatic carbocycles. The van der Waals surface area contributed by atoms with E-state index in [9.17, 15) is 14.4 Å². The number of ether oxygens (including phenoxy) is 1. The van der Waals surface area contributed by atoms with Crippen LogP contribution in [0.4, 0.5) is 10.6 Å². The highest BCUT2D eigenvalue weighted by molar-refractivity contribution is 6.01. The van der Waals surface area contributed by atoms with Gasteiger partial charge in [-0.3, -0.25) is 14.9 Å². The van der Waals surface area contributed by atoms with Gasteiger partial charge in [0.05, 0.1) is 17.6 Å². The molecule has 1 spiro atoms. The molecule has 1 N–H and O–H groups in total. The molecule has 3 amide bonds. The third-order valence-electron chi connectivity index (χ3n) is 7.79. The van der Waals surface area contributed by atoms with Crippen molar-refractivity contribution in [3.8, 4) is 0 Å². The number of hydrogen-bond donors (Lipinski definition) is 1. The van der Waals surface area contributed by atoms with E-state index in [1.807, 2.05) is 42.3 Å². The number of aromatic nitrogens is 2. The Morgan fingerprint density at radius 2 is 1.77 bits per heavy atom. The van der Waals surface area contributed by atoms with Gasteiger partial charge in [-0.15, -0.1) is 0 Å². The molecule has 188 valence electrons. The number of anilines is 1. The topological polar surface area (TPSA) is 96.2 Å². The highest BCUT2D eigenvalue weighted by Crippen LogP contribution is 2.42. The van der Waals surface area contributed by atoms with E-state index in [1.165, 1.54) is 0 Å². The first-order valence-corrected chi connectivity index (χ1v) is 12.7. The lowest BCUT2D eigenvalue weighted by Crippen LogP contribution is -2.49. The van der Waals surface area contributed by atoms with Crippen LogP contribution in [0.2, 0.25) is 0 Å². The molecule has 2 aromatic heterocycles. The molecule has 0 bridgehead atoms. The molecule has 0 aliphatic carbocycles. The number of likely N-dealkylation sites (tertiary alicyclic amines) is 1. The van der Waals surface area contributed by atoms with Crippen LogP contribution in [0.1, 0.15) is 70.8 Å². The second-order valence-corrected chi connectivity index (χ2v) is 11.2. The van der Waals surface area contributed by atoms with Crippen molar-refractivity contribution in [2.75, 3.05) is 31.1 Å². The van der Waals surface area contributed by atoms with Crippen molar-refractivity contribution >= 4 is 29.2 Å². The van der Waals surface area contributed by atoms with Gasteiger partial charge in [-0.1, -0.05) is 6.07 Å². The zero-order chi connectivity index (χ0) is 24.8. The van der Waals surface area contributed by atoms with Gasteiger partial charge in [0, 0.05) is 38.2 Å². The summed E-state index contributed by atoms with van der Waals surface area (Å²) in [6.45, 7) is 9.07. The molecule has 2 aromatic rings. The van der Waals surface area contributed by atoms with Crippen molar-refractivity contribution in [2.45, 2.75) is 70.8 Å². The number of rotatable bonds is 2. The molecule has 3 saturated heterocycles. The minimum atomic E-state index is -0.469. The van der Waals surface area contributed by atoms with Gasteiger partial charge in [0.25, 0.3) is 0 Å². The number of fused-ring (bicyclic) bond motifs is 1. The van der Waals surface area contributed by atoms with Gasteiger partial charge < -0.3 is 14.5 Å². The van der Waals surface area contributed by atoms with Crippen molar-refractivity contribution in [3.05, 3.63) is 30.0 Å². The summed E-state index contributed by atoms with van der Waals surface area (Å²) in [5.74, 6) is 0.240. The molecule has 9 heteroatoms. The maximum Gasteiger partial charge on any atom is 0.410 e. The van der Waals surface area contributed by atoms with Gasteiger partial charge in [0.1, 0.15) is 11.4 Å². The highest BCUT2D eigenvalue weighted by atomic mass is 16.6. The first-order valence-electron chi connectivity index (χ1n) is 12.7. The molecule has 3 fully saturated rings. The van der Waals surface area contributed by atoms with E-state index in [0.717, 1.165) is 68.8 Å². The zero-order valence-electron chi connectivity index (χ0n) is 20.9. The monoisotopic (exact) mass is 481 g/mol. The normalized spacial score (nSPS) is 23.0. The number of hydrogen-bond acceptors (Lipinski definition) is 6. The van der Waals surface area contributed by atoms with Crippen LogP contribution < -0.4 is 10.2 Å². The Morgan fingerprint density at radius 3 is 2.43 bits per heavy atom. The standard InChI is InChI=1S/C26H35N5O4/c1-25(2,3)35-24(34)30-15-11-26(12-16-30)9-13-29(14-10-26)22-6-4-5-20-19(17-27-31(20)22)18-7-8-21(32)28-23(18)33/h4-6,17-18H,7-16H2,1-3H3,(H,28,32,33). The quantitative estimate of drug-likeness (QED) is 0.660. The number of pyridine rings is 1. The Balaban J connectivity index is 1.25. The van der Waals surface area contributed by atoms with Crippen LogP contribution in [0.15, 0.2) is 24.4 Å². The van der Waals surface area contributed by atoms with E-state index in [2.05, 4.69) is 21.4 Å². The summed E-state index contributed by atoms with van der Waals surface area (Å²) in [6.07, 6.45) is 6.60. The SMILES string of the molecule is CC(C)(C)OC(=O)N1CCC2(CC1)CCN(c1cccc3c(C4CCC(=O)NC4=O)cnn13)CC2. The van der Waals surface area contributed by atoms with Gasteiger partial charge in [-0.2, -0.15) is 5.10 Å². The Hall–Kier alpha value is -3.10. The first kappa shape index (κ1) is 23.6. The number of nitrogens with one attached hydrogen (secondary N) is 1. The maximum atomic E-state index is 12.4. The van der Waals surface area contributed by atoms with Gasteiger partial charge in [-0.25, -0.2) is 9.31 Å². The van der Waals surface area contributed by atoms with Crippen molar-refractivity contribution < 1.29 is 19.1 Å². The highest BCUT2D eigenvalue weighted by Gasteiger charge is 2.40. The van der Waals surface area contributed by atoms with Crippen LogP contribution in [-0.4, -0.2) is 64.2 Å². The van der Waals surface area contributed by atoms with Crippen LogP contribution in [0, 0.1) is 5.41 Å². The van der Waals surface area contributed by atoms with Crippen molar-refractivity contribution in [1.29, 1.82) is 0 Å². The number of piperidine rings is 3. The maximum absolute atomic E-state index is 12.4. The lowest BCUT2D eigenvalue weighted by Gasteiger charge is -2.47. The fourth-order valence-corrected chi connectivity index (χ4v) is 5.71. The number of carbonyl (C=O) groups is 3. The van der Waals surface area contributed by atoms with Gasteiger partial charge in [0.15, 0.2) is 0 Å². The number of amides is 3. The van der Waals surface area contributed by atoms with E-state index in [1.54, 1.807) is 6.20 Å². The van der Waals surface area contributed by atoms with Crippen molar-refractivity contribution in [1.82, 2.24) is 19.8 Å². The van der Waals surface area contributed by atoms with E-state index in [0.29, 0.717) is 12.8 Å². The summed E-state index contributed by atoms with van der Waals surface area (Å²) in [4.78, 5) is 40.7. The minimum Gasteiger partial charge on any atom is -0.444 e. The molecule has 1 unspecified atom stereocenters.